The van der Waals surface area contributed by atoms with Crippen molar-refractivity contribution in [3.8, 4) is 0 Å². The summed E-state index contributed by atoms with van der Waals surface area (Å²) in [5.74, 6) is -1.08. The van der Waals surface area contributed by atoms with E-state index >= 15 is 0 Å². The number of aliphatic carboxylic acids is 1. The number of likely N-dealkylation sites (tertiary alicyclic amines) is 1. The molecule has 2 N–H and O–H groups in total. The third-order valence-electron chi connectivity index (χ3n) is 6.56. The predicted octanol–water partition coefficient (Wildman–Crippen LogP) is 4.31. The summed E-state index contributed by atoms with van der Waals surface area (Å²) in [4.78, 5) is 24.9. The van der Waals surface area contributed by atoms with E-state index in [0.29, 0.717) is 6.42 Å². The number of carboxylic acids is 1. The largest absolute Gasteiger partial charge is 0.514 e. The van der Waals surface area contributed by atoms with Gasteiger partial charge in [-0.25, -0.2) is 9.28 Å². The van der Waals surface area contributed by atoms with E-state index in [2.05, 4.69) is 33.9 Å². The normalized spacial score (nSPS) is 31.2. The van der Waals surface area contributed by atoms with Crippen molar-refractivity contribution in [1.82, 2.24) is 0 Å². The van der Waals surface area contributed by atoms with Gasteiger partial charge in [0.1, 0.15) is 11.6 Å². The first-order valence-corrected chi connectivity index (χ1v) is 11.9. The van der Waals surface area contributed by atoms with E-state index in [0.717, 1.165) is 0 Å². The molecule has 0 spiro atoms. The molecule has 0 bridgehead atoms. The van der Waals surface area contributed by atoms with Gasteiger partial charge in [-0.1, -0.05) is 27.7 Å². The fourth-order valence-corrected chi connectivity index (χ4v) is 5.50. The van der Waals surface area contributed by atoms with Crippen LogP contribution >= 0.6 is 0 Å². The lowest BCUT2D eigenvalue weighted by molar-refractivity contribution is -0.932. The van der Waals surface area contributed by atoms with Crippen molar-refractivity contribution >= 4 is 20.4 Å². The Balaban J connectivity index is 3.60. The van der Waals surface area contributed by atoms with Gasteiger partial charge in [-0.05, 0) is 38.9 Å². The fraction of sp³-hybridized carbons (Fsp3) is 0.889. The number of carboxylic acid groups (broad SMARTS) is 2. The highest BCUT2D eigenvalue weighted by atomic mass is 28.4. The van der Waals surface area contributed by atoms with Gasteiger partial charge in [-0.15, -0.1) is 0 Å². The summed E-state index contributed by atoms with van der Waals surface area (Å²) in [5, 5.41) is 20.3. The molecule has 1 unspecified atom stereocenters. The number of hydrogen-bond acceptors (Lipinski definition) is 3. The van der Waals surface area contributed by atoms with Gasteiger partial charge in [0, 0.05) is 12.8 Å². The molecule has 1 aliphatic rings. The van der Waals surface area contributed by atoms with E-state index in [9.17, 15) is 19.8 Å². The molecule has 0 saturated carbocycles. The van der Waals surface area contributed by atoms with Crippen LogP contribution in [0.1, 0.15) is 61.3 Å². The molecule has 0 aromatic heterocycles. The van der Waals surface area contributed by atoms with Crippen molar-refractivity contribution in [3.63, 3.8) is 0 Å². The minimum Gasteiger partial charge on any atom is -0.477 e. The second-order valence-corrected chi connectivity index (χ2v) is 14.5. The summed E-state index contributed by atoms with van der Waals surface area (Å²) in [6, 6.07) is 0. The van der Waals surface area contributed by atoms with E-state index in [1.54, 1.807) is 6.92 Å². The van der Waals surface area contributed by atoms with Gasteiger partial charge in [-0.2, -0.15) is 4.79 Å². The van der Waals surface area contributed by atoms with Crippen LogP contribution in [0.5, 0.6) is 0 Å². The average Bonchev–Trinajstić information content (AvgIpc) is 2.72. The first kappa shape index (κ1) is 22.1. The van der Waals surface area contributed by atoms with Crippen LogP contribution in [0.15, 0.2) is 0 Å². The molecule has 146 valence electrons. The van der Waals surface area contributed by atoms with Gasteiger partial charge >= 0.3 is 12.1 Å². The predicted molar refractivity (Wildman–Crippen MR) is 100 cm³/mol. The lowest BCUT2D eigenvalue weighted by Gasteiger charge is -2.51. The Bertz CT molecular complexity index is 549. The summed E-state index contributed by atoms with van der Waals surface area (Å²) in [6.07, 6.45) is -1.04. The van der Waals surface area contributed by atoms with Crippen LogP contribution < -0.4 is 0 Å². The highest BCUT2D eigenvalue weighted by Crippen LogP contribution is 2.50. The number of nitrogens with zero attached hydrogens (tertiary/aromatic N) is 1. The first-order valence-electron chi connectivity index (χ1n) is 9.04. The molecule has 6 nitrogen and oxygen atoms in total. The van der Waals surface area contributed by atoms with Crippen molar-refractivity contribution in [2.75, 3.05) is 6.54 Å². The molecule has 0 aliphatic carbocycles. The maximum Gasteiger partial charge on any atom is 0.514 e. The topological polar surface area (TPSA) is 83.8 Å². The molecule has 3 atom stereocenters. The van der Waals surface area contributed by atoms with E-state index in [1.165, 1.54) is 0 Å². The van der Waals surface area contributed by atoms with Gasteiger partial charge in [0.15, 0.2) is 8.32 Å². The Hall–Kier alpha value is -0.923. The second-order valence-electron chi connectivity index (χ2n) is 9.73. The Morgan fingerprint density at radius 3 is 1.92 bits per heavy atom. The number of rotatable bonds is 4. The number of hydrogen-bond donors (Lipinski definition) is 2. The third kappa shape index (κ3) is 3.04. The van der Waals surface area contributed by atoms with E-state index in [1.807, 2.05) is 20.8 Å². The Labute approximate surface area is 152 Å². The van der Waals surface area contributed by atoms with Gasteiger partial charge < -0.3 is 14.6 Å². The Kier molecular flexibility index (Phi) is 5.62. The van der Waals surface area contributed by atoms with Crippen LogP contribution in [-0.4, -0.2) is 58.8 Å². The van der Waals surface area contributed by atoms with Crippen molar-refractivity contribution in [1.29, 1.82) is 0 Å². The van der Waals surface area contributed by atoms with E-state index in [-0.39, 0.29) is 18.0 Å². The molecule has 1 fully saturated rings. The van der Waals surface area contributed by atoms with Crippen LogP contribution in [0.4, 0.5) is 4.79 Å². The minimum absolute atomic E-state index is 0.0752. The maximum atomic E-state index is 12.5. The van der Waals surface area contributed by atoms with Crippen LogP contribution in [0.25, 0.3) is 0 Å². The number of amides is 1. The molecule has 1 amide bonds. The summed E-state index contributed by atoms with van der Waals surface area (Å²) in [6.45, 7) is 17.9. The van der Waals surface area contributed by atoms with Gasteiger partial charge in [0.2, 0.25) is 5.54 Å². The molecular formula is C18H36NO5Si+. The molecule has 1 rings (SSSR count). The molecule has 7 heteroatoms. The standard InChI is InChI=1S/C18H35NO5Si/c1-10-18(14(20)21)13(24-25(8,9)17(5,6)7)11-12-19(18,15(22)23)16(2,3)4/h13H,10-12H2,1-9H3,(H-,20,21,22,23)/p+1/t13-,18-,19?/m0/s1. The molecular weight excluding hydrogens is 338 g/mol. The molecule has 0 aromatic rings. The van der Waals surface area contributed by atoms with Crippen molar-refractivity contribution < 1.29 is 28.7 Å². The van der Waals surface area contributed by atoms with Crippen LogP contribution in [0, 0.1) is 0 Å². The molecule has 0 aromatic carbocycles. The van der Waals surface area contributed by atoms with E-state index in [4.69, 9.17) is 4.43 Å². The van der Waals surface area contributed by atoms with E-state index < -0.39 is 42.0 Å². The smallest absolute Gasteiger partial charge is 0.477 e. The molecule has 1 saturated heterocycles. The first-order chi connectivity index (χ1) is 11.0. The zero-order chi connectivity index (χ0) is 20.1. The minimum atomic E-state index is -2.24. The summed E-state index contributed by atoms with van der Waals surface area (Å²) in [5.41, 5.74) is -2.24. The molecule has 25 heavy (non-hydrogen) atoms. The van der Waals surface area contributed by atoms with Gasteiger partial charge in [0.25, 0.3) is 0 Å². The maximum absolute atomic E-state index is 12.5. The van der Waals surface area contributed by atoms with Gasteiger partial charge in [0.05, 0.1) is 6.54 Å². The highest BCUT2D eigenvalue weighted by molar-refractivity contribution is 6.74. The third-order valence-corrected chi connectivity index (χ3v) is 11.1. The van der Waals surface area contributed by atoms with Crippen LogP contribution in [0.2, 0.25) is 18.1 Å². The van der Waals surface area contributed by atoms with Crippen LogP contribution in [0.3, 0.4) is 0 Å². The molecule has 0 radical (unpaired) electrons. The van der Waals surface area contributed by atoms with Gasteiger partial charge in [-0.3, -0.25) is 0 Å². The average molecular weight is 375 g/mol. The zero-order valence-electron chi connectivity index (χ0n) is 17.3. The molecule has 1 heterocycles. The number of carbonyl (C=O) groups is 2. The Morgan fingerprint density at radius 1 is 1.16 bits per heavy atom. The number of quaternary nitrogens is 1. The lowest BCUT2D eigenvalue weighted by Crippen LogP contribution is -2.77. The lowest BCUT2D eigenvalue weighted by atomic mass is 9.84. The van der Waals surface area contributed by atoms with Crippen molar-refractivity contribution in [2.45, 2.75) is 96.6 Å². The zero-order valence-corrected chi connectivity index (χ0v) is 18.3. The fourth-order valence-electron chi connectivity index (χ4n) is 4.12. The SMILES string of the molecule is CC[C@@]1(C(=O)O)[C@@H](O[Si](C)(C)C(C)(C)C)CC[N+]1(C(=O)O)C(C)(C)C. The molecule has 1 aliphatic heterocycles. The van der Waals surface area contributed by atoms with Crippen LogP contribution in [-0.2, 0) is 9.22 Å². The Morgan fingerprint density at radius 2 is 1.64 bits per heavy atom. The van der Waals surface area contributed by atoms with Crippen molar-refractivity contribution in [3.05, 3.63) is 0 Å². The summed E-state index contributed by atoms with van der Waals surface area (Å²) >= 11 is 0. The summed E-state index contributed by atoms with van der Waals surface area (Å²) in [7, 11) is -2.24. The monoisotopic (exact) mass is 374 g/mol. The summed E-state index contributed by atoms with van der Waals surface area (Å²) < 4.78 is 6.02. The quantitative estimate of drug-likeness (QED) is 0.566. The second kappa shape index (κ2) is 6.35. The highest BCUT2D eigenvalue weighted by Gasteiger charge is 2.74. The van der Waals surface area contributed by atoms with Crippen molar-refractivity contribution in [2.24, 2.45) is 0 Å².